The maximum absolute atomic E-state index is 11.7. The summed E-state index contributed by atoms with van der Waals surface area (Å²) in [6.07, 6.45) is 3.88. The van der Waals surface area contributed by atoms with E-state index in [2.05, 4.69) is 5.32 Å². The lowest BCUT2D eigenvalue weighted by molar-refractivity contribution is -0.148. The summed E-state index contributed by atoms with van der Waals surface area (Å²) >= 11 is 0. The maximum atomic E-state index is 11.7. The molecule has 116 valence electrons. The molecule has 1 fully saturated rings. The molecule has 0 radical (unpaired) electrons. The molecule has 1 aromatic rings. The van der Waals surface area contributed by atoms with Gasteiger partial charge in [0.2, 0.25) is 0 Å². The zero-order valence-electron chi connectivity index (χ0n) is 12.9. The van der Waals surface area contributed by atoms with Crippen LogP contribution in [0.4, 0.5) is 0 Å². The summed E-state index contributed by atoms with van der Waals surface area (Å²) in [6, 6.07) is 7.92. The number of rotatable bonds is 6. The third-order valence-electron chi connectivity index (χ3n) is 4.12. The number of ether oxygens (including phenoxy) is 1. The summed E-state index contributed by atoms with van der Waals surface area (Å²) in [7, 11) is 0. The number of benzene rings is 1. The number of carboxylic acids is 1. The zero-order chi connectivity index (χ0) is 15.3. The fraction of sp³-hybridized carbons (Fsp3) is 0.588. The highest BCUT2D eigenvalue weighted by Gasteiger charge is 2.43. The Balaban J connectivity index is 2.06. The third-order valence-corrected chi connectivity index (χ3v) is 4.12. The molecule has 4 nitrogen and oxygen atoms in total. The molecule has 0 bridgehead atoms. The van der Waals surface area contributed by atoms with Gasteiger partial charge in [-0.25, -0.2) is 0 Å². The molecule has 21 heavy (non-hydrogen) atoms. The molecule has 1 aliphatic carbocycles. The lowest BCUT2D eigenvalue weighted by Crippen LogP contribution is -2.56. The Bertz CT molecular complexity index is 489. The topological polar surface area (TPSA) is 58.6 Å². The van der Waals surface area contributed by atoms with Gasteiger partial charge < -0.3 is 15.2 Å². The van der Waals surface area contributed by atoms with Crippen LogP contribution in [0.2, 0.25) is 0 Å². The first-order valence-corrected chi connectivity index (χ1v) is 7.77. The normalized spacial score (nSPS) is 25.5. The second-order valence-electron chi connectivity index (χ2n) is 5.97. The Kier molecular flexibility index (Phi) is 5.23. The Morgan fingerprint density at radius 2 is 2.33 bits per heavy atom. The minimum Gasteiger partial charge on any atom is -0.490 e. The van der Waals surface area contributed by atoms with Gasteiger partial charge in [0, 0.05) is 6.42 Å². The summed E-state index contributed by atoms with van der Waals surface area (Å²) < 4.78 is 6.02. The molecule has 2 unspecified atom stereocenters. The van der Waals surface area contributed by atoms with Gasteiger partial charge in [0.05, 0.1) is 0 Å². The van der Waals surface area contributed by atoms with Crippen LogP contribution < -0.4 is 10.1 Å². The molecule has 0 saturated heterocycles. The Morgan fingerprint density at radius 1 is 1.52 bits per heavy atom. The van der Waals surface area contributed by atoms with Crippen molar-refractivity contribution in [3.63, 3.8) is 0 Å². The molecule has 1 aromatic carbocycles. The Morgan fingerprint density at radius 3 is 3.00 bits per heavy atom. The quantitative estimate of drug-likeness (QED) is 0.845. The third kappa shape index (κ3) is 3.97. The predicted molar refractivity (Wildman–Crippen MR) is 82.7 cm³/mol. The number of nitrogens with one attached hydrogen (secondary N) is 1. The van der Waals surface area contributed by atoms with E-state index in [9.17, 15) is 9.90 Å². The summed E-state index contributed by atoms with van der Waals surface area (Å²) in [5.41, 5.74) is 0.319. The average Bonchev–Trinajstić information content (AvgIpc) is 2.45. The van der Waals surface area contributed by atoms with Gasteiger partial charge >= 0.3 is 5.97 Å². The number of aryl methyl sites for hydroxylation is 1. The van der Waals surface area contributed by atoms with Crippen molar-refractivity contribution < 1.29 is 14.6 Å². The van der Waals surface area contributed by atoms with Crippen molar-refractivity contribution in [2.45, 2.75) is 57.6 Å². The number of hydrogen-bond donors (Lipinski definition) is 2. The molecule has 1 aliphatic rings. The van der Waals surface area contributed by atoms with Crippen molar-refractivity contribution in [1.82, 2.24) is 5.32 Å². The minimum absolute atomic E-state index is 0.0407. The van der Waals surface area contributed by atoms with Crippen LogP contribution in [0.15, 0.2) is 24.3 Å². The lowest BCUT2D eigenvalue weighted by Gasteiger charge is -2.38. The van der Waals surface area contributed by atoms with E-state index in [0.717, 1.165) is 37.1 Å². The number of hydrogen-bond acceptors (Lipinski definition) is 3. The summed E-state index contributed by atoms with van der Waals surface area (Å²) in [6.45, 7) is 4.80. The molecule has 2 rings (SSSR count). The fourth-order valence-corrected chi connectivity index (χ4v) is 3.00. The molecule has 0 aromatic heterocycles. The van der Waals surface area contributed by atoms with Gasteiger partial charge in [-0.2, -0.15) is 0 Å². The van der Waals surface area contributed by atoms with E-state index in [1.165, 1.54) is 0 Å². The van der Waals surface area contributed by atoms with Crippen molar-refractivity contribution in [2.75, 3.05) is 6.54 Å². The average molecular weight is 291 g/mol. The van der Waals surface area contributed by atoms with E-state index in [0.29, 0.717) is 12.8 Å². The summed E-state index contributed by atoms with van der Waals surface area (Å²) in [5, 5.41) is 12.9. The monoisotopic (exact) mass is 291 g/mol. The van der Waals surface area contributed by atoms with Gasteiger partial charge in [-0.05, 0) is 56.8 Å². The highest BCUT2D eigenvalue weighted by atomic mass is 16.5. The van der Waals surface area contributed by atoms with Crippen LogP contribution in [-0.2, 0) is 4.79 Å². The van der Waals surface area contributed by atoms with E-state index in [1.54, 1.807) is 0 Å². The molecule has 0 amide bonds. The second-order valence-corrected chi connectivity index (χ2v) is 5.97. The van der Waals surface area contributed by atoms with Gasteiger partial charge in [-0.15, -0.1) is 0 Å². The molecular formula is C17H25NO3. The van der Waals surface area contributed by atoms with Crippen molar-refractivity contribution in [3.05, 3.63) is 29.8 Å². The molecule has 2 N–H and O–H groups in total. The smallest absolute Gasteiger partial charge is 0.324 e. The Hall–Kier alpha value is -1.55. The van der Waals surface area contributed by atoms with Gasteiger partial charge in [0.1, 0.15) is 17.4 Å². The van der Waals surface area contributed by atoms with Gasteiger partial charge in [0.25, 0.3) is 0 Å². The SMILES string of the molecule is CCCNC1(C(=O)O)CCCC(Oc2cccc(C)c2)C1. The molecule has 0 spiro atoms. The molecule has 1 saturated carbocycles. The van der Waals surface area contributed by atoms with E-state index in [4.69, 9.17) is 4.74 Å². The van der Waals surface area contributed by atoms with Gasteiger partial charge in [-0.3, -0.25) is 4.79 Å². The molecular weight excluding hydrogens is 266 g/mol. The second kappa shape index (κ2) is 6.94. The highest BCUT2D eigenvalue weighted by Crippen LogP contribution is 2.31. The first-order chi connectivity index (χ1) is 10.1. The summed E-state index contributed by atoms with van der Waals surface area (Å²) in [5.74, 6) is 0.0742. The van der Waals surface area contributed by atoms with Crippen LogP contribution in [0.3, 0.4) is 0 Å². The Labute approximate surface area is 126 Å². The highest BCUT2D eigenvalue weighted by molar-refractivity contribution is 5.79. The van der Waals surface area contributed by atoms with Gasteiger partial charge in [-0.1, -0.05) is 19.1 Å². The van der Waals surface area contributed by atoms with Crippen molar-refractivity contribution in [1.29, 1.82) is 0 Å². The van der Waals surface area contributed by atoms with Gasteiger partial charge in [0.15, 0.2) is 0 Å². The van der Waals surface area contributed by atoms with E-state index in [-0.39, 0.29) is 6.10 Å². The van der Waals surface area contributed by atoms with E-state index >= 15 is 0 Å². The molecule has 4 heteroatoms. The first-order valence-electron chi connectivity index (χ1n) is 7.77. The zero-order valence-corrected chi connectivity index (χ0v) is 12.9. The number of carbonyl (C=O) groups is 1. The van der Waals surface area contributed by atoms with Crippen LogP contribution in [0.25, 0.3) is 0 Å². The molecule has 0 heterocycles. The molecule has 2 atom stereocenters. The van der Waals surface area contributed by atoms with Crippen LogP contribution in [0.5, 0.6) is 5.75 Å². The number of aliphatic carboxylic acids is 1. The largest absolute Gasteiger partial charge is 0.490 e. The standard InChI is InChI=1S/C17H25NO3/c1-3-10-18-17(16(19)20)9-5-8-15(12-17)21-14-7-4-6-13(2)11-14/h4,6-7,11,15,18H,3,5,8-10,12H2,1-2H3,(H,19,20). The minimum atomic E-state index is -0.831. The summed E-state index contributed by atoms with van der Waals surface area (Å²) in [4.78, 5) is 11.7. The maximum Gasteiger partial charge on any atom is 0.324 e. The fourth-order valence-electron chi connectivity index (χ4n) is 3.00. The number of carboxylic acid groups (broad SMARTS) is 1. The predicted octanol–water partition coefficient (Wildman–Crippen LogP) is 3.14. The lowest BCUT2D eigenvalue weighted by atomic mass is 9.80. The van der Waals surface area contributed by atoms with Crippen LogP contribution >= 0.6 is 0 Å². The van der Waals surface area contributed by atoms with Crippen molar-refractivity contribution in [3.8, 4) is 5.75 Å². The van der Waals surface area contributed by atoms with Crippen LogP contribution in [-0.4, -0.2) is 29.3 Å². The first kappa shape index (κ1) is 15.8. The van der Waals surface area contributed by atoms with E-state index in [1.807, 2.05) is 38.1 Å². The van der Waals surface area contributed by atoms with Crippen LogP contribution in [0, 0.1) is 6.92 Å². The van der Waals surface area contributed by atoms with E-state index < -0.39 is 11.5 Å². The van der Waals surface area contributed by atoms with Crippen molar-refractivity contribution >= 4 is 5.97 Å². The van der Waals surface area contributed by atoms with Crippen molar-refractivity contribution in [2.24, 2.45) is 0 Å². The molecule has 0 aliphatic heterocycles. The van der Waals surface area contributed by atoms with Crippen LogP contribution in [0.1, 0.15) is 44.6 Å².